The zero-order chi connectivity index (χ0) is 26.0. The summed E-state index contributed by atoms with van der Waals surface area (Å²) >= 11 is 0. The number of carbonyl (C=O) groups excluding carboxylic acids is 1. The molecule has 5 aromatic rings. The lowest BCUT2D eigenvalue weighted by molar-refractivity contribution is 0.107. The maximum absolute atomic E-state index is 15.5. The minimum absolute atomic E-state index is 0.323. The zero-order valence-corrected chi connectivity index (χ0v) is 22.2. The van der Waals surface area contributed by atoms with Crippen LogP contribution in [-0.2, 0) is 4.57 Å². The van der Waals surface area contributed by atoms with E-state index >= 15 is 4.57 Å². The van der Waals surface area contributed by atoms with Crippen molar-refractivity contribution in [3.05, 3.63) is 144 Å². The summed E-state index contributed by atoms with van der Waals surface area (Å²) in [6.45, 7) is 5.88. The van der Waals surface area contributed by atoms with Gasteiger partial charge in [0.15, 0.2) is 0 Å². The Morgan fingerprint density at radius 3 is 1.68 bits per heavy atom. The molecular weight excluding hydrogens is 471 g/mol. The molecule has 0 radical (unpaired) electrons. The highest BCUT2D eigenvalue weighted by Gasteiger charge is 2.40. The van der Waals surface area contributed by atoms with Crippen LogP contribution < -0.4 is 10.6 Å². The van der Waals surface area contributed by atoms with Crippen molar-refractivity contribution in [2.45, 2.75) is 20.8 Å². The fourth-order valence-corrected chi connectivity index (χ4v) is 8.10. The SMILES string of the molecule is Cc1cc(C)c(C(=O)P(=O)(c2ccccc2)c2cccc(-c3ccccc3)c2-c2ccccc2)c(C)c1. The zero-order valence-electron chi connectivity index (χ0n) is 21.3. The van der Waals surface area contributed by atoms with Crippen LogP contribution in [-0.4, -0.2) is 5.52 Å². The molecule has 2 nitrogen and oxygen atoms in total. The molecule has 0 heterocycles. The summed E-state index contributed by atoms with van der Waals surface area (Å²) in [6, 6.07) is 39.1. The van der Waals surface area contributed by atoms with Gasteiger partial charge in [-0.1, -0.05) is 127 Å². The number of rotatable bonds is 6. The van der Waals surface area contributed by atoms with Gasteiger partial charge in [0.1, 0.15) is 0 Å². The Morgan fingerprint density at radius 2 is 1.11 bits per heavy atom. The average molecular weight is 501 g/mol. The molecule has 1 atom stereocenters. The number of carbonyl (C=O) groups is 1. The second kappa shape index (κ2) is 10.2. The Bertz CT molecular complexity index is 1600. The molecule has 0 saturated carbocycles. The molecular formula is C34H29O2P. The van der Waals surface area contributed by atoms with E-state index in [2.05, 4.69) is 12.1 Å². The van der Waals surface area contributed by atoms with Crippen LogP contribution >= 0.6 is 7.14 Å². The normalized spacial score (nSPS) is 12.6. The summed E-state index contributed by atoms with van der Waals surface area (Å²) in [5.74, 6) is 0. The molecule has 37 heavy (non-hydrogen) atoms. The van der Waals surface area contributed by atoms with Crippen molar-refractivity contribution in [3.8, 4) is 22.3 Å². The van der Waals surface area contributed by atoms with Crippen LogP contribution in [0.2, 0.25) is 0 Å². The summed E-state index contributed by atoms with van der Waals surface area (Å²) in [7, 11) is -3.80. The molecule has 0 aliphatic heterocycles. The first kappa shape index (κ1) is 24.7. The number of hydrogen-bond acceptors (Lipinski definition) is 2. The van der Waals surface area contributed by atoms with E-state index in [4.69, 9.17) is 0 Å². The van der Waals surface area contributed by atoms with Crippen molar-refractivity contribution in [2.24, 2.45) is 0 Å². The molecule has 0 amide bonds. The van der Waals surface area contributed by atoms with Gasteiger partial charge in [-0.3, -0.25) is 4.79 Å². The Morgan fingerprint density at radius 1 is 0.595 bits per heavy atom. The molecule has 182 valence electrons. The van der Waals surface area contributed by atoms with Crippen LogP contribution in [0.5, 0.6) is 0 Å². The highest BCUT2D eigenvalue weighted by atomic mass is 31.2. The van der Waals surface area contributed by atoms with Crippen molar-refractivity contribution >= 4 is 23.3 Å². The van der Waals surface area contributed by atoms with Gasteiger partial charge in [0.25, 0.3) is 0 Å². The lowest BCUT2D eigenvalue weighted by Crippen LogP contribution is -2.25. The monoisotopic (exact) mass is 500 g/mol. The van der Waals surface area contributed by atoms with E-state index in [0.717, 1.165) is 38.9 Å². The van der Waals surface area contributed by atoms with E-state index in [1.807, 2.05) is 130 Å². The van der Waals surface area contributed by atoms with Crippen LogP contribution in [0.25, 0.3) is 22.3 Å². The van der Waals surface area contributed by atoms with E-state index in [1.54, 1.807) is 0 Å². The third-order valence-corrected chi connectivity index (χ3v) is 9.70. The van der Waals surface area contributed by atoms with Gasteiger partial charge in [-0.25, -0.2) is 0 Å². The van der Waals surface area contributed by atoms with E-state index in [1.165, 1.54) is 0 Å². The number of hydrogen-bond donors (Lipinski definition) is 0. The van der Waals surface area contributed by atoms with Crippen LogP contribution in [0.15, 0.2) is 121 Å². The van der Waals surface area contributed by atoms with E-state index < -0.39 is 7.14 Å². The number of benzene rings is 5. The van der Waals surface area contributed by atoms with E-state index in [0.29, 0.717) is 16.2 Å². The maximum atomic E-state index is 15.5. The van der Waals surface area contributed by atoms with E-state index in [9.17, 15) is 4.79 Å². The lowest BCUT2D eigenvalue weighted by Gasteiger charge is -2.25. The number of aryl methyl sites for hydroxylation is 3. The van der Waals surface area contributed by atoms with Gasteiger partial charge >= 0.3 is 0 Å². The highest BCUT2D eigenvalue weighted by Crippen LogP contribution is 2.51. The Labute approximate surface area is 219 Å². The van der Waals surface area contributed by atoms with E-state index in [-0.39, 0.29) is 5.52 Å². The Hall–Kier alpha value is -4.00. The van der Waals surface area contributed by atoms with Crippen molar-refractivity contribution in [1.82, 2.24) is 0 Å². The predicted octanol–water partition coefficient (Wildman–Crippen LogP) is 8.10. The third kappa shape index (κ3) is 4.50. The second-order valence-corrected chi connectivity index (χ2v) is 12.1. The van der Waals surface area contributed by atoms with Gasteiger partial charge in [0, 0.05) is 21.7 Å². The van der Waals surface area contributed by atoms with Crippen molar-refractivity contribution in [2.75, 3.05) is 0 Å². The van der Waals surface area contributed by atoms with Gasteiger partial charge in [-0.2, -0.15) is 0 Å². The van der Waals surface area contributed by atoms with Crippen LogP contribution in [0, 0.1) is 20.8 Å². The molecule has 5 aromatic carbocycles. The summed E-state index contributed by atoms with van der Waals surface area (Å²) in [5, 5.41) is 1.11. The average Bonchev–Trinajstić information content (AvgIpc) is 2.93. The summed E-state index contributed by atoms with van der Waals surface area (Å²) < 4.78 is 15.5. The fourth-order valence-electron chi connectivity index (χ4n) is 5.25. The predicted molar refractivity (Wildman–Crippen MR) is 156 cm³/mol. The molecule has 0 aliphatic carbocycles. The lowest BCUT2D eigenvalue weighted by atomic mass is 9.94. The second-order valence-electron chi connectivity index (χ2n) is 9.46. The minimum atomic E-state index is -3.80. The molecule has 0 spiro atoms. The minimum Gasteiger partial charge on any atom is -0.305 e. The standard InChI is InChI=1S/C34H29O2P/c1-24-22-25(2)32(26(3)23-24)34(35)37(36,29-18-11-6-12-19-29)31-21-13-20-30(27-14-7-4-8-15-27)33(31)28-16-9-5-10-17-28/h4-23H,1-3H3. The molecule has 3 heteroatoms. The fraction of sp³-hybridized carbons (Fsp3) is 0.0882. The molecule has 0 saturated heterocycles. The molecule has 0 fully saturated rings. The maximum Gasteiger partial charge on any atom is 0.230 e. The molecule has 5 rings (SSSR count). The molecule has 0 aliphatic rings. The van der Waals surface area contributed by atoms with Gasteiger partial charge in [0.2, 0.25) is 12.7 Å². The first-order valence-electron chi connectivity index (χ1n) is 12.4. The smallest absolute Gasteiger partial charge is 0.230 e. The summed E-state index contributed by atoms with van der Waals surface area (Å²) in [4.78, 5) is 14.6. The van der Waals surface area contributed by atoms with Crippen molar-refractivity contribution < 1.29 is 9.36 Å². The van der Waals surface area contributed by atoms with Gasteiger partial charge in [-0.15, -0.1) is 0 Å². The van der Waals surface area contributed by atoms with Crippen molar-refractivity contribution in [3.63, 3.8) is 0 Å². The summed E-state index contributed by atoms with van der Waals surface area (Å²) in [5.41, 5.74) is 6.72. The van der Waals surface area contributed by atoms with Crippen LogP contribution in [0.3, 0.4) is 0 Å². The van der Waals surface area contributed by atoms with Gasteiger partial charge < -0.3 is 4.57 Å². The molecule has 0 aromatic heterocycles. The van der Waals surface area contributed by atoms with Crippen molar-refractivity contribution in [1.29, 1.82) is 0 Å². The third-order valence-electron chi connectivity index (χ3n) is 6.83. The molecule has 0 N–H and O–H groups in total. The summed E-state index contributed by atoms with van der Waals surface area (Å²) in [6.07, 6.45) is 0. The largest absolute Gasteiger partial charge is 0.305 e. The molecule has 0 bridgehead atoms. The Kier molecular flexibility index (Phi) is 6.78. The first-order valence-corrected chi connectivity index (χ1v) is 14.1. The van der Waals surface area contributed by atoms with Gasteiger partial charge in [0.05, 0.1) is 0 Å². The Balaban J connectivity index is 1.88. The first-order chi connectivity index (χ1) is 17.9. The highest BCUT2D eigenvalue weighted by molar-refractivity contribution is 7.93. The van der Waals surface area contributed by atoms with Gasteiger partial charge in [-0.05, 0) is 48.6 Å². The quantitative estimate of drug-likeness (QED) is 0.221. The van der Waals surface area contributed by atoms with Crippen LogP contribution in [0.1, 0.15) is 27.0 Å². The van der Waals surface area contributed by atoms with Crippen LogP contribution in [0.4, 0.5) is 0 Å². The topological polar surface area (TPSA) is 34.1 Å². The molecule has 1 unspecified atom stereocenters.